The van der Waals surface area contributed by atoms with Gasteiger partial charge in [-0.2, -0.15) is 10.4 Å². The number of hydrogen-bond acceptors (Lipinski definition) is 6. The van der Waals surface area contributed by atoms with Crippen molar-refractivity contribution in [2.45, 2.75) is 45.4 Å². The maximum Gasteiger partial charge on any atom is 0.408 e. The molecule has 0 aliphatic heterocycles. The van der Waals surface area contributed by atoms with Crippen molar-refractivity contribution in [2.24, 2.45) is 0 Å². The van der Waals surface area contributed by atoms with E-state index in [2.05, 4.69) is 10.4 Å². The fourth-order valence-electron chi connectivity index (χ4n) is 4.00. The van der Waals surface area contributed by atoms with Crippen LogP contribution < -0.4 is 10.9 Å². The molecule has 1 atom stereocenters. The minimum Gasteiger partial charge on any atom is -0.444 e. The fourth-order valence-corrected chi connectivity index (χ4v) is 4.00. The van der Waals surface area contributed by atoms with Crippen LogP contribution in [0.2, 0.25) is 0 Å². The van der Waals surface area contributed by atoms with E-state index in [4.69, 9.17) is 9.47 Å². The third-order valence-electron chi connectivity index (χ3n) is 5.60. The van der Waals surface area contributed by atoms with Gasteiger partial charge in [0.25, 0.3) is 5.56 Å². The molecule has 2 aromatic carbocycles. The molecular formula is C28H27F2N5O4. The number of halogens is 2. The summed E-state index contributed by atoms with van der Waals surface area (Å²) in [5, 5.41) is 16.7. The van der Waals surface area contributed by atoms with Gasteiger partial charge in [-0.25, -0.2) is 18.1 Å². The predicted molar refractivity (Wildman–Crippen MR) is 138 cm³/mol. The summed E-state index contributed by atoms with van der Waals surface area (Å²) in [5.74, 6) is -1.87. The Hall–Kier alpha value is -4.56. The number of nitrogens with zero attached hydrogens (tertiary/aromatic N) is 4. The van der Waals surface area contributed by atoms with Gasteiger partial charge in [0.1, 0.15) is 28.8 Å². The number of hydrogen-bond donors (Lipinski definition) is 1. The molecule has 4 rings (SSSR count). The first-order valence-corrected chi connectivity index (χ1v) is 12.2. The molecule has 0 saturated carbocycles. The van der Waals surface area contributed by atoms with E-state index in [0.717, 1.165) is 22.3 Å². The van der Waals surface area contributed by atoms with Crippen molar-refractivity contribution in [3.63, 3.8) is 0 Å². The first-order valence-electron chi connectivity index (χ1n) is 12.2. The molecule has 0 bridgehead atoms. The van der Waals surface area contributed by atoms with Crippen molar-refractivity contribution in [1.29, 1.82) is 5.26 Å². The van der Waals surface area contributed by atoms with E-state index in [1.54, 1.807) is 20.8 Å². The second kappa shape index (κ2) is 11.4. The molecule has 0 unspecified atom stereocenters. The lowest BCUT2D eigenvalue weighted by atomic mass is 10.1. The Morgan fingerprint density at radius 1 is 1.13 bits per heavy atom. The predicted octanol–water partition coefficient (Wildman–Crippen LogP) is 4.81. The van der Waals surface area contributed by atoms with Crippen LogP contribution in [0.15, 0.2) is 65.6 Å². The lowest BCUT2D eigenvalue weighted by Crippen LogP contribution is -2.39. The van der Waals surface area contributed by atoms with Gasteiger partial charge in [-0.1, -0.05) is 30.3 Å². The summed E-state index contributed by atoms with van der Waals surface area (Å²) in [7, 11) is 0. The summed E-state index contributed by atoms with van der Waals surface area (Å²) in [5.41, 5.74) is -0.822. The number of alkyl carbamates (subject to hydrolysis) is 1. The van der Waals surface area contributed by atoms with Gasteiger partial charge in [0.05, 0.1) is 23.9 Å². The van der Waals surface area contributed by atoms with Crippen molar-refractivity contribution in [3.05, 3.63) is 99.7 Å². The van der Waals surface area contributed by atoms with Gasteiger partial charge in [-0.3, -0.25) is 9.36 Å². The minimum absolute atomic E-state index is 0.0347. The van der Waals surface area contributed by atoms with Crippen LogP contribution in [0.5, 0.6) is 0 Å². The van der Waals surface area contributed by atoms with Gasteiger partial charge in [-0.05, 0) is 51.0 Å². The Morgan fingerprint density at radius 2 is 1.82 bits per heavy atom. The van der Waals surface area contributed by atoms with Crippen LogP contribution in [-0.2, 0) is 16.1 Å². The maximum atomic E-state index is 14.2. The molecular weight excluding hydrogens is 508 g/mol. The second-order valence-corrected chi connectivity index (χ2v) is 9.79. The third kappa shape index (κ3) is 6.66. The number of carbonyl (C=O) groups is 1. The number of amides is 1. The number of ether oxygens (including phenoxy) is 2. The van der Waals surface area contributed by atoms with E-state index in [-0.39, 0.29) is 35.6 Å². The van der Waals surface area contributed by atoms with Crippen molar-refractivity contribution >= 4 is 11.6 Å². The molecule has 0 saturated heterocycles. The molecule has 0 aliphatic carbocycles. The number of carbonyl (C=O) groups excluding carboxylic acids is 1. The highest BCUT2D eigenvalue weighted by molar-refractivity contribution is 5.68. The lowest BCUT2D eigenvalue weighted by Gasteiger charge is -2.25. The number of benzene rings is 2. The Morgan fingerprint density at radius 3 is 2.46 bits per heavy atom. The number of rotatable bonds is 8. The summed E-state index contributed by atoms with van der Waals surface area (Å²) in [6.45, 7) is 5.53. The quantitative estimate of drug-likeness (QED) is 0.324. The first kappa shape index (κ1) is 27.5. The van der Waals surface area contributed by atoms with Gasteiger partial charge in [0.15, 0.2) is 5.82 Å². The summed E-state index contributed by atoms with van der Waals surface area (Å²) >= 11 is 0. The van der Waals surface area contributed by atoms with Crippen molar-refractivity contribution < 1.29 is 23.0 Å². The van der Waals surface area contributed by atoms with Crippen LogP contribution in [0, 0.1) is 23.0 Å². The second-order valence-electron chi connectivity index (χ2n) is 9.79. The first-order chi connectivity index (χ1) is 18.6. The highest BCUT2D eigenvalue weighted by atomic mass is 19.1. The van der Waals surface area contributed by atoms with Gasteiger partial charge in [-0.15, -0.1) is 0 Å². The zero-order valence-corrected chi connectivity index (χ0v) is 21.6. The molecule has 2 heterocycles. The van der Waals surface area contributed by atoms with Gasteiger partial charge < -0.3 is 14.8 Å². The van der Waals surface area contributed by atoms with E-state index in [0.29, 0.717) is 12.7 Å². The maximum absolute atomic E-state index is 14.2. The van der Waals surface area contributed by atoms with Crippen LogP contribution in [-0.4, -0.2) is 32.5 Å². The molecule has 0 fully saturated rings. The SMILES string of the molecule is CC(C)(C)OC(=O)N[C@@H](CCOCc1ccccc1)c1nn2ccc(C#N)c2c(=O)n1-c1cc(F)cc(F)c1. The van der Waals surface area contributed by atoms with Crippen LogP contribution >= 0.6 is 0 Å². The normalized spacial score (nSPS) is 12.2. The number of nitrogens with one attached hydrogen (secondary N) is 1. The summed E-state index contributed by atoms with van der Waals surface area (Å²) < 4.78 is 41.9. The monoisotopic (exact) mass is 535 g/mol. The topological polar surface area (TPSA) is 111 Å². The van der Waals surface area contributed by atoms with Crippen molar-refractivity contribution in [2.75, 3.05) is 6.61 Å². The smallest absolute Gasteiger partial charge is 0.408 e. The average molecular weight is 536 g/mol. The molecule has 0 radical (unpaired) electrons. The summed E-state index contributed by atoms with van der Waals surface area (Å²) in [4.78, 5) is 26.5. The molecule has 11 heteroatoms. The Kier molecular flexibility index (Phi) is 8.07. The van der Waals surface area contributed by atoms with Gasteiger partial charge in [0.2, 0.25) is 0 Å². The zero-order chi connectivity index (χ0) is 28.2. The van der Waals surface area contributed by atoms with E-state index < -0.39 is 34.9 Å². The molecule has 1 amide bonds. The largest absolute Gasteiger partial charge is 0.444 e. The molecule has 202 valence electrons. The molecule has 0 spiro atoms. The molecule has 1 N–H and O–H groups in total. The Bertz CT molecular complexity index is 1570. The highest BCUT2D eigenvalue weighted by Gasteiger charge is 2.27. The van der Waals surface area contributed by atoms with Gasteiger partial charge >= 0.3 is 6.09 Å². The average Bonchev–Trinajstić information content (AvgIpc) is 3.28. The standard InChI is InChI=1S/C28H27F2N5O4/c1-28(2,3)39-27(37)32-23(10-12-38-17-18-7-5-4-6-8-18)25-33-34-11-9-19(16-31)24(34)26(36)35(25)22-14-20(29)13-21(30)15-22/h4-9,11,13-15,23H,10,12,17H2,1-3H3,(H,32,37)/t23-/m0/s1. The zero-order valence-electron chi connectivity index (χ0n) is 21.6. The molecule has 4 aromatic rings. The molecule has 0 aliphatic rings. The van der Waals surface area contributed by atoms with Crippen molar-refractivity contribution in [1.82, 2.24) is 19.5 Å². The lowest BCUT2D eigenvalue weighted by molar-refractivity contribution is 0.0477. The van der Waals surface area contributed by atoms with Crippen LogP contribution in [0.1, 0.15) is 50.2 Å². The van der Waals surface area contributed by atoms with Crippen molar-refractivity contribution in [3.8, 4) is 11.8 Å². The Balaban J connectivity index is 1.79. The minimum atomic E-state index is -0.980. The Labute approximate surface area is 223 Å². The number of nitriles is 1. The van der Waals surface area contributed by atoms with E-state index in [1.165, 1.54) is 16.8 Å². The number of fused-ring (bicyclic) bond motifs is 1. The van der Waals surface area contributed by atoms with E-state index >= 15 is 0 Å². The highest BCUT2D eigenvalue weighted by Crippen LogP contribution is 2.22. The third-order valence-corrected chi connectivity index (χ3v) is 5.60. The van der Waals surface area contributed by atoms with Gasteiger partial charge in [0, 0.05) is 18.9 Å². The summed E-state index contributed by atoms with van der Waals surface area (Å²) in [6.07, 6.45) is 0.770. The molecule has 9 nitrogen and oxygen atoms in total. The molecule has 39 heavy (non-hydrogen) atoms. The van der Waals surface area contributed by atoms with E-state index in [1.807, 2.05) is 36.4 Å². The summed E-state index contributed by atoms with van der Waals surface area (Å²) in [6, 6.07) is 14.4. The fraction of sp³-hybridized carbons (Fsp3) is 0.286. The van der Waals surface area contributed by atoms with Crippen LogP contribution in [0.3, 0.4) is 0 Å². The number of aromatic nitrogens is 3. The molecule has 2 aromatic heterocycles. The van der Waals surface area contributed by atoms with Crippen LogP contribution in [0.4, 0.5) is 13.6 Å². The van der Waals surface area contributed by atoms with E-state index in [9.17, 15) is 23.6 Å². The van der Waals surface area contributed by atoms with Crippen LogP contribution in [0.25, 0.3) is 11.2 Å².